The SMILES string of the molecule is C=CC(=O)OCCCCCCOc1ccc(/C=C/C(=O)Oc2ccc(S(=O)(=O)c3ccc(C)cc3)cc2)cc1. The Morgan fingerprint density at radius 1 is 0.744 bits per heavy atom. The largest absolute Gasteiger partial charge is 0.494 e. The lowest BCUT2D eigenvalue weighted by molar-refractivity contribution is -0.137. The number of hydrogen-bond acceptors (Lipinski definition) is 7. The average Bonchev–Trinajstić information content (AvgIpc) is 2.94. The van der Waals surface area contributed by atoms with Crippen LogP contribution in [0.25, 0.3) is 6.08 Å². The molecule has 0 fully saturated rings. The first kappa shape index (κ1) is 29.4. The van der Waals surface area contributed by atoms with E-state index in [1.165, 1.54) is 30.3 Å². The van der Waals surface area contributed by atoms with Gasteiger partial charge in [-0.15, -0.1) is 0 Å². The lowest BCUT2D eigenvalue weighted by Crippen LogP contribution is -2.05. The first-order valence-electron chi connectivity index (χ1n) is 12.6. The van der Waals surface area contributed by atoms with E-state index < -0.39 is 21.8 Å². The fourth-order valence-corrected chi connectivity index (χ4v) is 4.77. The highest BCUT2D eigenvalue weighted by molar-refractivity contribution is 7.91. The quantitative estimate of drug-likeness (QED) is 0.104. The van der Waals surface area contributed by atoms with Gasteiger partial charge in [-0.2, -0.15) is 0 Å². The number of aryl methyl sites for hydroxylation is 1. The average molecular weight is 549 g/mol. The molecule has 0 unspecified atom stereocenters. The molecule has 3 rings (SSSR count). The molecule has 0 N–H and O–H groups in total. The number of esters is 2. The molecule has 0 saturated carbocycles. The molecule has 3 aromatic carbocycles. The maximum atomic E-state index is 12.8. The zero-order valence-corrected chi connectivity index (χ0v) is 22.7. The second-order valence-corrected chi connectivity index (χ2v) is 10.7. The summed E-state index contributed by atoms with van der Waals surface area (Å²) in [7, 11) is -3.65. The third kappa shape index (κ3) is 9.57. The second-order valence-electron chi connectivity index (χ2n) is 8.75. The summed E-state index contributed by atoms with van der Waals surface area (Å²) in [6, 6.07) is 19.7. The normalized spacial score (nSPS) is 11.2. The summed E-state index contributed by atoms with van der Waals surface area (Å²) in [6.07, 6.45) is 7.71. The van der Waals surface area contributed by atoms with Crippen LogP contribution in [0.3, 0.4) is 0 Å². The predicted octanol–water partition coefficient (Wildman–Crippen LogP) is 6.12. The molecule has 0 aliphatic rings. The molecule has 0 heterocycles. The highest BCUT2D eigenvalue weighted by atomic mass is 32.2. The van der Waals surface area contributed by atoms with Crippen molar-refractivity contribution in [3.05, 3.63) is 103 Å². The minimum absolute atomic E-state index is 0.121. The Balaban J connectivity index is 1.40. The van der Waals surface area contributed by atoms with Crippen LogP contribution < -0.4 is 9.47 Å². The fraction of sp³-hybridized carbons (Fsp3) is 0.226. The van der Waals surface area contributed by atoms with Crippen molar-refractivity contribution in [1.29, 1.82) is 0 Å². The van der Waals surface area contributed by atoms with E-state index in [0.717, 1.165) is 48.6 Å². The van der Waals surface area contributed by atoms with Crippen molar-refractivity contribution in [3.63, 3.8) is 0 Å². The first-order chi connectivity index (χ1) is 18.8. The molecule has 0 spiro atoms. The fourth-order valence-electron chi connectivity index (χ4n) is 3.51. The standard InChI is InChI=1S/C31H32O7S/c1-3-30(32)37-23-7-5-4-6-22-36-26-13-10-25(11-14-26)12-21-31(33)38-27-15-19-29(20-16-27)39(34,35)28-17-8-24(2)9-18-28/h3,8-21H,1,4-7,22-23H2,2H3/b21-12+. The van der Waals surface area contributed by atoms with Crippen LogP contribution in [0.15, 0.2) is 101 Å². The van der Waals surface area contributed by atoms with Crippen molar-refractivity contribution in [2.24, 2.45) is 0 Å². The van der Waals surface area contributed by atoms with E-state index in [4.69, 9.17) is 14.2 Å². The van der Waals surface area contributed by atoms with Gasteiger partial charge in [0.1, 0.15) is 11.5 Å². The summed E-state index contributed by atoms with van der Waals surface area (Å²) in [6.45, 7) is 6.23. The zero-order valence-electron chi connectivity index (χ0n) is 21.9. The van der Waals surface area contributed by atoms with Gasteiger partial charge in [-0.3, -0.25) is 0 Å². The van der Waals surface area contributed by atoms with Crippen LogP contribution in [0.2, 0.25) is 0 Å². The molecular weight excluding hydrogens is 516 g/mol. The molecule has 39 heavy (non-hydrogen) atoms. The minimum atomic E-state index is -3.65. The van der Waals surface area contributed by atoms with Crippen LogP contribution in [-0.4, -0.2) is 33.6 Å². The van der Waals surface area contributed by atoms with Crippen molar-refractivity contribution in [3.8, 4) is 11.5 Å². The van der Waals surface area contributed by atoms with Gasteiger partial charge in [0.2, 0.25) is 9.84 Å². The van der Waals surface area contributed by atoms with E-state index >= 15 is 0 Å². The summed E-state index contributed by atoms with van der Waals surface area (Å²) < 4.78 is 41.5. The molecule has 0 atom stereocenters. The van der Waals surface area contributed by atoms with Crippen molar-refractivity contribution >= 4 is 27.9 Å². The van der Waals surface area contributed by atoms with Crippen LogP contribution in [-0.2, 0) is 24.2 Å². The van der Waals surface area contributed by atoms with E-state index in [1.807, 2.05) is 31.2 Å². The summed E-state index contributed by atoms with van der Waals surface area (Å²) in [5.41, 5.74) is 1.77. The van der Waals surface area contributed by atoms with Crippen LogP contribution in [0.4, 0.5) is 0 Å². The van der Waals surface area contributed by atoms with Gasteiger partial charge in [0.05, 0.1) is 23.0 Å². The topological polar surface area (TPSA) is 96.0 Å². The predicted molar refractivity (Wildman–Crippen MR) is 149 cm³/mol. The Hall–Kier alpha value is -4.17. The van der Waals surface area contributed by atoms with Gasteiger partial charge in [-0.1, -0.05) is 36.4 Å². The smallest absolute Gasteiger partial charge is 0.336 e. The summed E-state index contributed by atoms with van der Waals surface area (Å²) in [5.74, 6) is 0.000562. The third-order valence-electron chi connectivity index (χ3n) is 5.69. The number of ether oxygens (including phenoxy) is 3. The Morgan fingerprint density at radius 2 is 1.31 bits per heavy atom. The van der Waals surface area contributed by atoms with Crippen LogP contribution in [0.5, 0.6) is 11.5 Å². The van der Waals surface area contributed by atoms with Crippen molar-refractivity contribution in [2.75, 3.05) is 13.2 Å². The molecule has 0 aliphatic heterocycles. The van der Waals surface area contributed by atoms with Gasteiger partial charge in [0.15, 0.2) is 0 Å². The molecule has 7 nitrogen and oxygen atoms in total. The lowest BCUT2D eigenvalue weighted by Gasteiger charge is -2.07. The molecule has 0 saturated heterocycles. The number of hydrogen-bond donors (Lipinski definition) is 0. The molecule has 0 radical (unpaired) electrons. The second kappa shape index (κ2) is 14.7. The number of carbonyl (C=O) groups is 2. The van der Waals surface area contributed by atoms with Crippen molar-refractivity contribution in [1.82, 2.24) is 0 Å². The van der Waals surface area contributed by atoms with E-state index in [9.17, 15) is 18.0 Å². The maximum absolute atomic E-state index is 12.8. The van der Waals surface area contributed by atoms with Gasteiger partial charge in [0.25, 0.3) is 0 Å². The number of rotatable bonds is 14. The van der Waals surface area contributed by atoms with E-state index in [-0.39, 0.29) is 15.5 Å². The summed E-state index contributed by atoms with van der Waals surface area (Å²) in [5, 5.41) is 0. The van der Waals surface area contributed by atoms with Gasteiger partial charge in [-0.05, 0) is 92.8 Å². The van der Waals surface area contributed by atoms with Crippen LogP contribution in [0, 0.1) is 6.92 Å². The zero-order chi connectivity index (χ0) is 28.1. The van der Waals surface area contributed by atoms with E-state index in [2.05, 4.69) is 6.58 Å². The Labute approximate surface area is 229 Å². The van der Waals surface area contributed by atoms with Gasteiger partial charge in [-0.25, -0.2) is 18.0 Å². The van der Waals surface area contributed by atoms with Gasteiger partial charge >= 0.3 is 11.9 Å². The highest BCUT2D eigenvalue weighted by Gasteiger charge is 2.17. The third-order valence-corrected chi connectivity index (χ3v) is 7.48. The van der Waals surface area contributed by atoms with Crippen molar-refractivity contribution < 1.29 is 32.2 Å². The molecule has 204 valence electrons. The van der Waals surface area contributed by atoms with Crippen LogP contribution >= 0.6 is 0 Å². The van der Waals surface area contributed by atoms with E-state index in [0.29, 0.717) is 13.2 Å². The number of unbranched alkanes of at least 4 members (excludes halogenated alkanes) is 3. The molecule has 3 aromatic rings. The van der Waals surface area contributed by atoms with E-state index in [1.54, 1.807) is 30.3 Å². The molecule has 0 aliphatic carbocycles. The molecule has 0 aromatic heterocycles. The molecule has 0 amide bonds. The summed E-state index contributed by atoms with van der Waals surface area (Å²) in [4.78, 5) is 23.5. The van der Waals surface area contributed by atoms with Crippen LogP contribution in [0.1, 0.15) is 36.8 Å². The Bertz CT molecular complexity index is 1370. The number of carbonyl (C=O) groups excluding carboxylic acids is 2. The highest BCUT2D eigenvalue weighted by Crippen LogP contribution is 2.23. The molecular formula is C31H32O7S. The lowest BCUT2D eigenvalue weighted by atomic mass is 10.2. The van der Waals surface area contributed by atoms with Crippen molar-refractivity contribution in [2.45, 2.75) is 42.4 Å². The molecule has 0 bridgehead atoms. The monoisotopic (exact) mass is 548 g/mol. The summed E-state index contributed by atoms with van der Waals surface area (Å²) >= 11 is 0. The Kier molecular flexibility index (Phi) is 11.1. The maximum Gasteiger partial charge on any atom is 0.336 e. The Morgan fingerprint density at radius 3 is 1.92 bits per heavy atom. The first-order valence-corrected chi connectivity index (χ1v) is 14.1. The van der Waals surface area contributed by atoms with Gasteiger partial charge in [0, 0.05) is 12.2 Å². The number of sulfone groups is 1. The molecule has 8 heteroatoms. The van der Waals surface area contributed by atoms with Gasteiger partial charge < -0.3 is 14.2 Å². The number of benzene rings is 3. The minimum Gasteiger partial charge on any atom is -0.494 e.